The van der Waals surface area contributed by atoms with E-state index in [0.29, 0.717) is 29.0 Å². The molecule has 1 N–H and O–H groups in total. The van der Waals surface area contributed by atoms with Gasteiger partial charge in [0.25, 0.3) is 0 Å². The fraction of sp³-hybridized carbons (Fsp3) is 0.571. The van der Waals surface area contributed by atoms with Crippen molar-refractivity contribution < 1.29 is 13.5 Å². The molecule has 2 atom stereocenters. The molecule has 118 valence electrons. The first-order valence-corrected chi connectivity index (χ1v) is 9.06. The van der Waals surface area contributed by atoms with Crippen LogP contribution in [0.25, 0.3) is 0 Å². The summed E-state index contributed by atoms with van der Waals surface area (Å²) >= 11 is 3.30. The molecule has 1 heterocycles. The Kier molecular flexibility index (Phi) is 5.10. The Morgan fingerprint density at radius 3 is 2.52 bits per heavy atom. The lowest BCUT2D eigenvalue weighted by atomic mass is 10.1. The topological polar surface area (TPSA) is 60.9 Å². The van der Waals surface area contributed by atoms with Crippen LogP contribution in [0.15, 0.2) is 27.6 Å². The minimum Gasteiger partial charge on any atom is -0.392 e. The summed E-state index contributed by atoms with van der Waals surface area (Å²) in [6, 6.07) is 5.07. The molecule has 0 aliphatic carbocycles. The summed E-state index contributed by atoms with van der Waals surface area (Å²) in [5.41, 5.74) is 0.682. The van der Waals surface area contributed by atoms with Crippen molar-refractivity contribution in [2.45, 2.75) is 24.5 Å². The summed E-state index contributed by atoms with van der Waals surface area (Å²) < 4.78 is 27.6. The molecule has 0 saturated carbocycles. The molecule has 7 heteroatoms. The summed E-state index contributed by atoms with van der Waals surface area (Å²) in [6.07, 6.45) is 0. The number of aliphatic hydroxyl groups is 1. The van der Waals surface area contributed by atoms with Gasteiger partial charge in [0.05, 0.1) is 11.5 Å². The van der Waals surface area contributed by atoms with Gasteiger partial charge in [0.2, 0.25) is 10.0 Å². The van der Waals surface area contributed by atoms with Gasteiger partial charge in [-0.25, -0.2) is 8.42 Å². The van der Waals surface area contributed by atoms with Crippen LogP contribution in [-0.2, 0) is 16.6 Å². The van der Waals surface area contributed by atoms with Crippen molar-refractivity contribution in [3.63, 3.8) is 0 Å². The fourth-order valence-corrected chi connectivity index (χ4v) is 5.41. The van der Waals surface area contributed by atoms with E-state index in [2.05, 4.69) is 27.8 Å². The van der Waals surface area contributed by atoms with E-state index in [-0.39, 0.29) is 17.5 Å². The van der Waals surface area contributed by atoms with Crippen molar-refractivity contribution in [3.8, 4) is 0 Å². The van der Waals surface area contributed by atoms with Crippen molar-refractivity contribution >= 4 is 26.0 Å². The minimum absolute atomic E-state index is 0.109. The first-order chi connectivity index (χ1) is 9.77. The van der Waals surface area contributed by atoms with Gasteiger partial charge in [0, 0.05) is 23.6 Å². The zero-order valence-electron chi connectivity index (χ0n) is 12.5. The number of nitrogens with zero attached hydrogens (tertiary/aromatic N) is 2. The standard InChI is InChI=1S/C14H21BrN2O3S/c1-10-7-17(8-13(10)16(2)3)21(19,20)14-5-4-11(9-18)6-12(14)15/h4-6,10,13,18H,7-9H2,1-3H3. The largest absolute Gasteiger partial charge is 0.392 e. The molecule has 0 aromatic heterocycles. The molecule has 2 rings (SSSR count). The molecule has 0 bridgehead atoms. The second-order valence-electron chi connectivity index (χ2n) is 5.75. The Labute approximate surface area is 134 Å². The summed E-state index contributed by atoms with van der Waals surface area (Å²) in [4.78, 5) is 2.33. The lowest BCUT2D eigenvalue weighted by molar-refractivity contribution is 0.263. The summed E-state index contributed by atoms with van der Waals surface area (Å²) in [5.74, 6) is 0.297. The molecule has 0 radical (unpaired) electrons. The predicted molar refractivity (Wildman–Crippen MR) is 85.5 cm³/mol. The first-order valence-electron chi connectivity index (χ1n) is 6.83. The molecule has 21 heavy (non-hydrogen) atoms. The van der Waals surface area contributed by atoms with E-state index >= 15 is 0 Å². The molecule has 1 fully saturated rings. The average molecular weight is 377 g/mol. The Morgan fingerprint density at radius 1 is 1.38 bits per heavy atom. The van der Waals surface area contributed by atoms with Gasteiger partial charge in [0.1, 0.15) is 0 Å². The van der Waals surface area contributed by atoms with Crippen LogP contribution >= 0.6 is 15.9 Å². The highest BCUT2D eigenvalue weighted by molar-refractivity contribution is 9.10. The van der Waals surface area contributed by atoms with Gasteiger partial charge in [-0.3, -0.25) is 0 Å². The van der Waals surface area contributed by atoms with Gasteiger partial charge in [0.15, 0.2) is 0 Å². The molecule has 1 saturated heterocycles. The van der Waals surface area contributed by atoms with E-state index in [1.54, 1.807) is 22.5 Å². The highest BCUT2D eigenvalue weighted by Crippen LogP contribution is 2.30. The maximum Gasteiger partial charge on any atom is 0.244 e. The second kappa shape index (κ2) is 6.34. The van der Waals surface area contributed by atoms with Crippen LogP contribution in [0.3, 0.4) is 0 Å². The molecule has 0 spiro atoms. The Morgan fingerprint density at radius 2 is 2.05 bits per heavy atom. The third-order valence-corrected chi connectivity index (χ3v) is 6.81. The number of likely N-dealkylation sites (N-methyl/N-ethyl adjacent to an activating group) is 1. The van der Waals surface area contributed by atoms with E-state index in [1.165, 1.54) is 0 Å². The summed E-state index contributed by atoms with van der Waals surface area (Å²) in [6.45, 7) is 3.00. The lowest BCUT2D eigenvalue weighted by Crippen LogP contribution is -2.35. The van der Waals surface area contributed by atoms with E-state index in [9.17, 15) is 8.42 Å². The van der Waals surface area contributed by atoms with Crippen LogP contribution < -0.4 is 0 Å². The highest BCUT2D eigenvalue weighted by atomic mass is 79.9. The summed E-state index contributed by atoms with van der Waals surface area (Å²) in [5, 5.41) is 9.11. The monoisotopic (exact) mass is 376 g/mol. The molecular formula is C14H21BrN2O3S. The van der Waals surface area contributed by atoms with Crippen molar-refractivity contribution in [1.82, 2.24) is 9.21 Å². The van der Waals surface area contributed by atoms with Crippen molar-refractivity contribution in [1.29, 1.82) is 0 Å². The van der Waals surface area contributed by atoms with Gasteiger partial charge in [-0.15, -0.1) is 0 Å². The number of hydrogen-bond donors (Lipinski definition) is 1. The quantitative estimate of drug-likeness (QED) is 0.864. The highest BCUT2D eigenvalue weighted by Gasteiger charge is 2.38. The number of rotatable bonds is 4. The maximum atomic E-state index is 12.8. The van der Waals surface area contributed by atoms with Crippen molar-refractivity contribution in [2.75, 3.05) is 27.2 Å². The van der Waals surface area contributed by atoms with Crippen LogP contribution in [0.4, 0.5) is 0 Å². The number of aliphatic hydroxyl groups excluding tert-OH is 1. The van der Waals surface area contributed by atoms with E-state index in [1.807, 2.05) is 14.1 Å². The molecule has 1 aliphatic heterocycles. The molecule has 1 aromatic rings. The molecule has 5 nitrogen and oxygen atoms in total. The van der Waals surface area contributed by atoms with Crippen LogP contribution in [0.2, 0.25) is 0 Å². The zero-order chi connectivity index (χ0) is 15.8. The van der Waals surface area contributed by atoms with Crippen molar-refractivity contribution in [3.05, 3.63) is 28.2 Å². The normalized spacial score (nSPS) is 23.9. The first kappa shape index (κ1) is 16.9. The van der Waals surface area contributed by atoms with E-state index in [0.717, 1.165) is 0 Å². The molecule has 1 aliphatic rings. The van der Waals surface area contributed by atoms with Crippen LogP contribution in [0.1, 0.15) is 12.5 Å². The third kappa shape index (κ3) is 3.32. The van der Waals surface area contributed by atoms with E-state index in [4.69, 9.17) is 5.11 Å². The maximum absolute atomic E-state index is 12.8. The van der Waals surface area contributed by atoms with Crippen LogP contribution in [-0.4, -0.2) is 56.0 Å². The number of sulfonamides is 1. The Balaban J connectivity index is 2.31. The summed E-state index contributed by atoms with van der Waals surface area (Å²) in [7, 11) is 0.435. The number of benzene rings is 1. The minimum atomic E-state index is -3.52. The average Bonchev–Trinajstić information content (AvgIpc) is 2.81. The van der Waals surface area contributed by atoms with Crippen molar-refractivity contribution in [2.24, 2.45) is 5.92 Å². The third-order valence-electron chi connectivity index (χ3n) is 4.00. The van der Waals surface area contributed by atoms with Gasteiger partial charge in [-0.2, -0.15) is 4.31 Å². The smallest absolute Gasteiger partial charge is 0.244 e. The van der Waals surface area contributed by atoms with Gasteiger partial charge in [-0.1, -0.05) is 13.0 Å². The fourth-order valence-electron chi connectivity index (χ4n) is 2.77. The Bertz CT molecular complexity index is 619. The molecule has 1 aromatic carbocycles. The predicted octanol–water partition coefficient (Wildman–Crippen LogP) is 1.51. The van der Waals surface area contributed by atoms with Gasteiger partial charge in [-0.05, 0) is 53.6 Å². The van der Waals surface area contributed by atoms with Gasteiger partial charge >= 0.3 is 0 Å². The number of halogens is 1. The number of hydrogen-bond acceptors (Lipinski definition) is 4. The van der Waals surface area contributed by atoms with E-state index < -0.39 is 10.0 Å². The Hall–Kier alpha value is -0.470. The molecule has 2 unspecified atom stereocenters. The zero-order valence-corrected chi connectivity index (χ0v) is 14.9. The second-order valence-corrected chi connectivity index (χ2v) is 8.51. The van der Waals surface area contributed by atoms with Crippen LogP contribution in [0, 0.1) is 5.92 Å². The SMILES string of the molecule is CC1CN(S(=O)(=O)c2ccc(CO)cc2Br)CC1N(C)C. The van der Waals surface area contributed by atoms with Gasteiger partial charge < -0.3 is 10.0 Å². The lowest BCUT2D eigenvalue weighted by Gasteiger charge is -2.22. The molecular weight excluding hydrogens is 356 g/mol. The molecule has 0 amide bonds. The van der Waals surface area contributed by atoms with Crippen LogP contribution in [0.5, 0.6) is 0 Å².